The van der Waals surface area contributed by atoms with Crippen LogP contribution >= 0.6 is 24.0 Å². The van der Waals surface area contributed by atoms with Gasteiger partial charge in [0.15, 0.2) is 0 Å². The van der Waals surface area contributed by atoms with E-state index in [9.17, 15) is 4.79 Å². The molecule has 5 nitrogen and oxygen atoms in total. The number of halogens is 2. The lowest BCUT2D eigenvalue weighted by Gasteiger charge is -2.23. The van der Waals surface area contributed by atoms with Crippen molar-refractivity contribution in [3.63, 3.8) is 0 Å². The van der Waals surface area contributed by atoms with Crippen LogP contribution in [0.3, 0.4) is 0 Å². The summed E-state index contributed by atoms with van der Waals surface area (Å²) < 4.78 is 1.83. The second-order valence-corrected chi connectivity index (χ2v) is 7.52. The molecule has 0 aliphatic carbocycles. The van der Waals surface area contributed by atoms with Gasteiger partial charge in [0.2, 0.25) is 0 Å². The third-order valence-electron chi connectivity index (χ3n) is 4.99. The summed E-state index contributed by atoms with van der Waals surface area (Å²) in [5.41, 5.74) is 3.29. The molecule has 7 heteroatoms. The summed E-state index contributed by atoms with van der Waals surface area (Å²) in [5.74, 6) is -0.0730. The summed E-state index contributed by atoms with van der Waals surface area (Å²) in [5, 5.41) is 11.9. The molecular formula is C22H24Cl2N4O. The van der Waals surface area contributed by atoms with Crippen LogP contribution in [0.2, 0.25) is 5.02 Å². The number of aromatic nitrogens is 2. The molecule has 2 aromatic carbocycles. The van der Waals surface area contributed by atoms with Crippen molar-refractivity contribution in [2.75, 3.05) is 13.1 Å². The van der Waals surface area contributed by atoms with Crippen LogP contribution in [-0.4, -0.2) is 34.8 Å². The second-order valence-electron chi connectivity index (χ2n) is 7.08. The van der Waals surface area contributed by atoms with E-state index in [1.165, 1.54) is 0 Å². The average molecular weight is 431 g/mol. The van der Waals surface area contributed by atoms with E-state index in [-0.39, 0.29) is 24.4 Å². The molecule has 3 aromatic rings. The number of amides is 1. The van der Waals surface area contributed by atoms with E-state index in [4.69, 9.17) is 16.7 Å². The molecule has 29 heavy (non-hydrogen) atoms. The summed E-state index contributed by atoms with van der Waals surface area (Å²) in [6.45, 7) is 2.48. The number of rotatable bonds is 5. The maximum absolute atomic E-state index is 13.0. The highest BCUT2D eigenvalue weighted by molar-refractivity contribution is 6.30. The maximum Gasteiger partial charge on any atom is 0.255 e. The second kappa shape index (κ2) is 9.92. The lowest BCUT2D eigenvalue weighted by Crippen LogP contribution is -2.42. The minimum Gasteiger partial charge on any atom is -0.349 e. The molecule has 0 radical (unpaired) electrons. The molecule has 1 fully saturated rings. The number of hydrogen-bond acceptors (Lipinski definition) is 3. The molecule has 1 amide bonds. The van der Waals surface area contributed by atoms with E-state index in [1.807, 2.05) is 53.3 Å². The van der Waals surface area contributed by atoms with Crippen molar-refractivity contribution in [2.24, 2.45) is 0 Å². The van der Waals surface area contributed by atoms with Gasteiger partial charge in [0.1, 0.15) is 5.69 Å². The van der Waals surface area contributed by atoms with Gasteiger partial charge in [0.05, 0.1) is 12.1 Å². The molecule has 0 unspecified atom stereocenters. The van der Waals surface area contributed by atoms with Gasteiger partial charge in [-0.1, -0.05) is 54.1 Å². The fourth-order valence-corrected chi connectivity index (χ4v) is 3.62. The fourth-order valence-electron chi connectivity index (χ4n) is 3.49. The van der Waals surface area contributed by atoms with E-state index in [0.29, 0.717) is 22.8 Å². The third-order valence-corrected chi connectivity index (χ3v) is 5.24. The van der Waals surface area contributed by atoms with Gasteiger partial charge in [-0.25, -0.2) is 0 Å². The molecule has 2 heterocycles. The molecular weight excluding hydrogens is 407 g/mol. The van der Waals surface area contributed by atoms with Crippen molar-refractivity contribution in [1.29, 1.82) is 0 Å². The number of hydrogen-bond donors (Lipinski definition) is 2. The van der Waals surface area contributed by atoms with Gasteiger partial charge in [-0.15, -0.1) is 12.4 Å². The Morgan fingerprint density at radius 3 is 2.48 bits per heavy atom. The quantitative estimate of drug-likeness (QED) is 0.638. The first kappa shape index (κ1) is 21.4. The van der Waals surface area contributed by atoms with Gasteiger partial charge in [-0.3, -0.25) is 9.48 Å². The molecule has 1 aliphatic heterocycles. The summed E-state index contributed by atoms with van der Waals surface area (Å²) in [6, 6.07) is 17.7. The zero-order valence-electron chi connectivity index (χ0n) is 16.0. The van der Waals surface area contributed by atoms with Gasteiger partial charge >= 0.3 is 0 Å². The van der Waals surface area contributed by atoms with Crippen molar-refractivity contribution in [3.05, 3.63) is 76.9 Å². The topological polar surface area (TPSA) is 59.0 Å². The van der Waals surface area contributed by atoms with Crippen molar-refractivity contribution in [1.82, 2.24) is 20.4 Å². The Morgan fingerprint density at radius 1 is 1.10 bits per heavy atom. The van der Waals surface area contributed by atoms with Crippen LogP contribution in [0.25, 0.3) is 11.3 Å². The van der Waals surface area contributed by atoms with Crippen LogP contribution in [0.15, 0.2) is 60.8 Å². The van der Waals surface area contributed by atoms with Crippen LogP contribution < -0.4 is 10.6 Å². The van der Waals surface area contributed by atoms with Crippen molar-refractivity contribution < 1.29 is 4.79 Å². The first-order valence-corrected chi connectivity index (χ1v) is 9.96. The van der Waals surface area contributed by atoms with Crippen LogP contribution in [0.5, 0.6) is 0 Å². The Balaban J connectivity index is 0.00000240. The summed E-state index contributed by atoms with van der Waals surface area (Å²) >= 11 is 6.03. The Hall–Kier alpha value is -2.34. The van der Waals surface area contributed by atoms with E-state index in [2.05, 4.69) is 22.8 Å². The first-order chi connectivity index (χ1) is 13.7. The molecule has 0 spiro atoms. The molecule has 0 saturated carbocycles. The summed E-state index contributed by atoms with van der Waals surface area (Å²) in [4.78, 5) is 13.0. The fraction of sp³-hybridized carbons (Fsp3) is 0.273. The highest BCUT2D eigenvalue weighted by Crippen LogP contribution is 2.24. The molecule has 1 aliphatic rings. The monoisotopic (exact) mass is 430 g/mol. The molecule has 0 atom stereocenters. The van der Waals surface area contributed by atoms with Gasteiger partial charge in [-0.05, 0) is 43.6 Å². The largest absolute Gasteiger partial charge is 0.349 e. The SMILES string of the molecule is Cl.O=C(NC1CCNCC1)c1cn(Cc2ccccc2)nc1-c1ccc(Cl)cc1. The highest BCUT2D eigenvalue weighted by Gasteiger charge is 2.22. The number of nitrogens with one attached hydrogen (secondary N) is 2. The zero-order valence-corrected chi connectivity index (χ0v) is 17.5. The van der Waals surface area contributed by atoms with Crippen LogP contribution in [0, 0.1) is 0 Å². The summed E-state index contributed by atoms with van der Waals surface area (Å²) in [7, 11) is 0. The number of benzene rings is 2. The van der Waals surface area contributed by atoms with Crippen molar-refractivity contribution in [2.45, 2.75) is 25.4 Å². The number of carbonyl (C=O) groups excluding carboxylic acids is 1. The Labute approximate surface area is 181 Å². The van der Waals surface area contributed by atoms with Crippen molar-refractivity contribution in [3.8, 4) is 11.3 Å². The standard InChI is InChI=1S/C22H23ClN4O.ClH/c23-18-8-6-17(7-9-18)21-20(22(28)25-19-10-12-24-13-11-19)15-27(26-21)14-16-4-2-1-3-5-16;/h1-9,15,19,24H,10-14H2,(H,25,28);1H. The molecule has 0 bridgehead atoms. The minimum atomic E-state index is -0.0730. The van der Waals surface area contributed by atoms with E-state index in [0.717, 1.165) is 37.1 Å². The van der Waals surface area contributed by atoms with Gasteiger partial charge < -0.3 is 10.6 Å². The normalized spacial score (nSPS) is 14.2. The van der Waals surface area contributed by atoms with Gasteiger partial charge in [0.25, 0.3) is 5.91 Å². The van der Waals surface area contributed by atoms with Crippen LogP contribution in [0.1, 0.15) is 28.8 Å². The van der Waals surface area contributed by atoms with E-state index in [1.54, 1.807) is 0 Å². The summed E-state index contributed by atoms with van der Waals surface area (Å²) in [6.07, 6.45) is 3.73. The predicted molar refractivity (Wildman–Crippen MR) is 119 cm³/mol. The first-order valence-electron chi connectivity index (χ1n) is 9.58. The highest BCUT2D eigenvalue weighted by atomic mass is 35.5. The smallest absolute Gasteiger partial charge is 0.255 e. The molecule has 4 rings (SSSR count). The Kier molecular flexibility index (Phi) is 7.31. The third kappa shape index (κ3) is 5.38. The number of piperidine rings is 1. The molecule has 1 aromatic heterocycles. The lowest BCUT2D eigenvalue weighted by atomic mass is 10.0. The minimum absolute atomic E-state index is 0. The average Bonchev–Trinajstić information content (AvgIpc) is 3.14. The molecule has 1 saturated heterocycles. The maximum atomic E-state index is 13.0. The van der Waals surface area contributed by atoms with Gasteiger partial charge in [-0.2, -0.15) is 5.10 Å². The lowest BCUT2D eigenvalue weighted by molar-refractivity contribution is 0.0930. The predicted octanol–water partition coefficient (Wildman–Crippen LogP) is 4.16. The van der Waals surface area contributed by atoms with Crippen molar-refractivity contribution >= 4 is 29.9 Å². The zero-order chi connectivity index (χ0) is 19.3. The number of nitrogens with zero attached hydrogens (tertiary/aromatic N) is 2. The number of carbonyl (C=O) groups is 1. The van der Waals surface area contributed by atoms with Crippen LogP contribution in [0.4, 0.5) is 0 Å². The molecule has 152 valence electrons. The van der Waals surface area contributed by atoms with E-state index >= 15 is 0 Å². The Bertz CT molecular complexity index is 935. The van der Waals surface area contributed by atoms with Crippen LogP contribution in [-0.2, 0) is 6.54 Å². The van der Waals surface area contributed by atoms with E-state index < -0.39 is 0 Å². The Morgan fingerprint density at radius 2 is 1.79 bits per heavy atom. The van der Waals surface area contributed by atoms with Gasteiger partial charge in [0, 0.05) is 22.8 Å². The molecule has 2 N–H and O–H groups in total.